The first-order chi connectivity index (χ1) is 6.15. The van der Waals surface area contributed by atoms with Gasteiger partial charge in [-0.3, -0.25) is 0 Å². The van der Waals surface area contributed by atoms with Crippen molar-refractivity contribution in [1.82, 2.24) is 6.15 Å². The molecule has 0 fully saturated rings. The lowest BCUT2D eigenvalue weighted by Gasteiger charge is -1.99. The minimum absolute atomic E-state index is 0. The molecular weight excluding hydrogens is 210 g/mol. The van der Waals surface area contributed by atoms with Crippen LogP contribution in [0.2, 0.25) is 0 Å². The van der Waals surface area contributed by atoms with Crippen molar-refractivity contribution in [3.63, 3.8) is 0 Å². The number of hydrogen-bond acceptors (Lipinski definition) is 5. The average Bonchev–Trinajstić information content (AvgIpc) is 2.13. The molecule has 0 saturated heterocycles. The summed E-state index contributed by atoms with van der Waals surface area (Å²) in [6, 6.07) is 0. The molecule has 0 bridgehead atoms. The largest absolute Gasteiger partial charge is 0.463 e. The molecule has 0 saturated carbocycles. The topological polar surface area (TPSA) is 87.6 Å². The Morgan fingerprint density at radius 1 is 1.36 bits per heavy atom. The van der Waals surface area contributed by atoms with E-state index in [1.807, 2.05) is 0 Å². The highest BCUT2D eigenvalue weighted by Crippen LogP contribution is 2.05. The monoisotopic (exact) mass is 223 g/mol. The number of carbonyl (C=O) groups excluding carboxylic acids is 2. The molecule has 3 N–H and O–H groups in total. The Hall–Kier alpha value is -1.07. The van der Waals surface area contributed by atoms with Crippen molar-refractivity contribution >= 4 is 23.8 Å². The Morgan fingerprint density at radius 3 is 2.29 bits per heavy atom. The quantitative estimate of drug-likeness (QED) is 0.579. The van der Waals surface area contributed by atoms with Gasteiger partial charge in [-0.05, 0) is 13.3 Å². The summed E-state index contributed by atoms with van der Waals surface area (Å²) in [6.45, 7) is 3.65. The summed E-state index contributed by atoms with van der Waals surface area (Å²) in [5.74, 6) is -1.29. The Bertz CT molecular complexity index is 227. The van der Waals surface area contributed by atoms with Gasteiger partial charge in [-0.2, -0.15) is 0 Å². The first-order valence-electron chi connectivity index (χ1n) is 3.85. The Kier molecular flexibility index (Phi) is 9.38. The summed E-state index contributed by atoms with van der Waals surface area (Å²) in [6.07, 6.45) is 1.44. The van der Waals surface area contributed by atoms with Gasteiger partial charge in [0.25, 0.3) is 0 Å². The molecule has 0 aliphatic rings. The van der Waals surface area contributed by atoms with Crippen molar-refractivity contribution in [3.05, 3.63) is 11.6 Å². The van der Waals surface area contributed by atoms with Gasteiger partial charge in [0.05, 0.1) is 6.61 Å². The zero-order valence-electron chi connectivity index (χ0n) is 8.21. The average molecular weight is 224 g/mol. The summed E-state index contributed by atoms with van der Waals surface area (Å²) in [5, 5.41) is 0. The van der Waals surface area contributed by atoms with Crippen molar-refractivity contribution < 1.29 is 18.6 Å². The second-order valence-electron chi connectivity index (χ2n) is 2.14. The smallest absolute Gasteiger partial charge is 0.352 e. The molecule has 0 spiro atoms. The molecule has 0 aliphatic heterocycles. The zero-order chi connectivity index (χ0) is 10.3. The third-order valence-corrected chi connectivity index (χ3v) is 1.43. The van der Waals surface area contributed by atoms with Crippen LogP contribution in [0.1, 0.15) is 20.3 Å². The summed E-state index contributed by atoms with van der Waals surface area (Å²) >= 11 is 4.84. The van der Waals surface area contributed by atoms with Crippen LogP contribution >= 0.6 is 11.9 Å². The number of hydrogen-bond donors (Lipinski definition) is 1. The molecule has 0 aromatic rings. The van der Waals surface area contributed by atoms with E-state index in [0.717, 1.165) is 6.08 Å². The van der Waals surface area contributed by atoms with Crippen molar-refractivity contribution in [3.8, 4) is 0 Å². The maximum Gasteiger partial charge on any atom is 0.352 e. The Morgan fingerprint density at radius 2 is 1.93 bits per heavy atom. The first kappa shape index (κ1) is 15.4. The maximum absolute atomic E-state index is 10.9. The normalized spacial score (nSPS) is 10.1. The van der Waals surface area contributed by atoms with Crippen LogP contribution in [-0.4, -0.2) is 18.5 Å². The standard InChI is InChI=1S/C8H11ClO4.H3N/c1-3-6(8(11)13-9)5-7(10)12-4-2;/h5H,3-4H2,1-2H3;1H3/b6-5-;. The minimum Gasteiger partial charge on any atom is -0.463 e. The molecule has 0 aromatic carbocycles. The number of ether oxygens (including phenoxy) is 1. The summed E-state index contributed by atoms with van der Waals surface area (Å²) in [5.41, 5.74) is 0.188. The van der Waals surface area contributed by atoms with Gasteiger partial charge in [0.1, 0.15) is 11.9 Å². The van der Waals surface area contributed by atoms with Crippen LogP contribution in [0.3, 0.4) is 0 Å². The predicted octanol–water partition coefficient (Wildman–Crippen LogP) is 1.74. The van der Waals surface area contributed by atoms with E-state index in [0.29, 0.717) is 6.42 Å². The Balaban J connectivity index is 0. The SMILES string of the molecule is CCOC(=O)/C=C(/CC)C(=O)OCl.N. The molecule has 6 heteroatoms. The molecule has 0 atom stereocenters. The van der Waals surface area contributed by atoms with E-state index in [4.69, 9.17) is 11.9 Å². The van der Waals surface area contributed by atoms with Crippen LogP contribution in [0.5, 0.6) is 0 Å². The molecule has 82 valence electrons. The van der Waals surface area contributed by atoms with Crippen LogP contribution in [0.25, 0.3) is 0 Å². The second kappa shape index (κ2) is 8.52. The number of rotatable bonds is 4. The van der Waals surface area contributed by atoms with Gasteiger partial charge >= 0.3 is 11.9 Å². The van der Waals surface area contributed by atoms with Crippen molar-refractivity contribution in [2.45, 2.75) is 20.3 Å². The highest BCUT2D eigenvalue weighted by atomic mass is 35.5. The lowest BCUT2D eigenvalue weighted by Crippen LogP contribution is -2.07. The minimum atomic E-state index is -0.725. The molecule has 14 heavy (non-hydrogen) atoms. The van der Waals surface area contributed by atoms with E-state index in [-0.39, 0.29) is 18.3 Å². The maximum atomic E-state index is 10.9. The van der Waals surface area contributed by atoms with Crippen LogP contribution in [0.4, 0.5) is 0 Å². The predicted molar refractivity (Wildman–Crippen MR) is 52.0 cm³/mol. The zero-order valence-corrected chi connectivity index (χ0v) is 8.97. The van der Waals surface area contributed by atoms with Gasteiger partial charge in [0.15, 0.2) is 0 Å². The van der Waals surface area contributed by atoms with Crippen LogP contribution in [0.15, 0.2) is 11.6 Å². The fourth-order valence-corrected chi connectivity index (χ4v) is 0.780. The number of halogens is 1. The highest BCUT2D eigenvalue weighted by molar-refractivity contribution is 6.16. The summed E-state index contributed by atoms with van der Waals surface area (Å²) in [7, 11) is 0. The third kappa shape index (κ3) is 5.55. The lowest BCUT2D eigenvalue weighted by molar-refractivity contribution is -0.138. The van der Waals surface area contributed by atoms with Gasteiger partial charge in [0, 0.05) is 11.6 Å². The van der Waals surface area contributed by atoms with Crippen LogP contribution in [-0.2, 0) is 18.6 Å². The lowest BCUT2D eigenvalue weighted by atomic mass is 10.2. The second-order valence-corrected chi connectivity index (χ2v) is 2.29. The molecule has 0 unspecified atom stereocenters. The van der Waals surface area contributed by atoms with E-state index >= 15 is 0 Å². The van der Waals surface area contributed by atoms with Crippen LogP contribution in [0, 0.1) is 0 Å². The molecule has 0 rings (SSSR count). The molecule has 5 nitrogen and oxygen atoms in total. The van der Waals surface area contributed by atoms with E-state index in [2.05, 4.69) is 9.03 Å². The van der Waals surface area contributed by atoms with Gasteiger partial charge in [-0.1, -0.05) is 6.92 Å². The van der Waals surface area contributed by atoms with E-state index < -0.39 is 11.9 Å². The van der Waals surface area contributed by atoms with Crippen molar-refractivity contribution in [2.24, 2.45) is 0 Å². The fourth-order valence-electron chi connectivity index (χ4n) is 0.681. The molecule has 0 heterocycles. The Labute approximate surface area is 87.8 Å². The molecule has 0 radical (unpaired) electrons. The highest BCUT2D eigenvalue weighted by Gasteiger charge is 2.10. The van der Waals surface area contributed by atoms with E-state index in [1.165, 1.54) is 0 Å². The summed E-state index contributed by atoms with van der Waals surface area (Å²) < 4.78 is 8.54. The van der Waals surface area contributed by atoms with Crippen LogP contribution < -0.4 is 6.15 Å². The van der Waals surface area contributed by atoms with Gasteiger partial charge in [-0.15, -0.1) is 0 Å². The first-order valence-corrected chi connectivity index (χ1v) is 4.16. The van der Waals surface area contributed by atoms with Gasteiger partial charge in [-0.25, -0.2) is 9.59 Å². The van der Waals surface area contributed by atoms with Gasteiger partial charge in [0.2, 0.25) is 0 Å². The fraction of sp³-hybridized carbons (Fsp3) is 0.500. The summed E-state index contributed by atoms with van der Waals surface area (Å²) in [4.78, 5) is 21.7. The van der Waals surface area contributed by atoms with Crippen molar-refractivity contribution in [2.75, 3.05) is 6.61 Å². The molecule has 0 amide bonds. The number of esters is 1. The molecular formula is C8H14ClNO4. The molecule has 0 aromatic heterocycles. The molecule has 0 aliphatic carbocycles. The third-order valence-electron chi connectivity index (χ3n) is 1.29. The van der Waals surface area contributed by atoms with Gasteiger partial charge < -0.3 is 15.2 Å². The number of carbonyl (C=O) groups is 2. The van der Waals surface area contributed by atoms with E-state index in [9.17, 15) is 9.59 Å². The van der Waals surface area contributed by atoms with Crippen molar-refractivity contribution in [1.29, 1.82) is 0 Å². The van der Waals surface area contributed by atoms with E-state index in [1.54, 1.807) is 13.8 Å².